The molecule has 0 aliphatic rings. The lowest BCUT2D eigenvalue weighted by atomic mass is 10.3. The van der Waals surface area contributed by atoms with Crippen LogP contribution in [0.4, 0.5) is 5.82 Å². The fourth-order valence-corrected chi connectivity index (χ4v) is 2.69. The largest absolute Gasteiger partial charge is 0.359 e. The number of rotatable bonds is 4. The first-order chi connectivity index (χ1) is 9.28. The van der Waals surface area contributed by atoms with Crippen molar-refractivity contribution in [3.63, 3.8) is 0 Å². The van der Waals surface area contributed by atoms with Crippen LogP contribution in [0.25, 0.3) is 11.2 Å². The summed E-state index contributed by atoms with van der Waals surface area (Å²) in [5.41, 5.74) is 1.49. The van der Waals surface area contributed by atoms with Crippen molar-refractivity contribution in [1.29, 1.82) is 0 Å². The van der Waals surface area contributed by atoms with E-state index in [0.29, 0.717) is 5.65 Å². The Labute approximate surface area is 114 Å². The molecule has 0 aliphatic carbocycles. The number of aromatic amines is 1. The number of fused-ring (bicyclic) bond motifs is 1. The van der Waals surface area contributed by atoms with Crippen LogP contribution in [0.2, 0.25) is 0 Å². The van der Waals surface area contributed by atoms with Crippen LogP contribution >= 0.6 is 11.3 Å². The highest BCUT2D eigenvalue weighted by Gasteiger charge is 2.13. The van der Waals surface area contributed by atoms with Crippen LogP contribution in [0.5, 0.6) is 0 Å². The summed E-state index contributed by atoms with van der Waals surface area (Å²) in [6.45, 7) is 4.20. The standard InChI is InChI=1S/C12H14N6S/c1-3-8-4-13-12(19-8)7(2)18-11-9-10(15-5-14-9)16-6-17-11/h4-7H,3H2,1-2H3,(H2,14,15,16,17,18)/t7-/m0/s1. The van der Waals surface area contributed by atoms with Crippen molar-refractivity contribution in [1.82, 2.24) is 24.9 Å². The third-order valence-corrected chi connectivity index (χ3v) is 4.19. The summed E-state index contributed by atoms with van der Waals surface area (Å²) in [6, 6.07) is 0.103. The van der Waals surface area contributed by atoms with E-state index in [2.05, 4.69) is 44.1 Å². The molecule has 2 N–H and O–H groups in total. The van der Waals surface area contributed by atoms with Crippen molar-refractivity contribution >= 4 is 28.3 Å². The van der Waals surface area contributed by atoms with Crippen LogP contribution in [-0.4, -0.2) is 24.9 Å². The minimum Gasteiger partial charge on any atom is -0.359 e. The fraction of sp³-hybridized carbons (Fsp3) is 0.333. The van der Waals surface area contributed by atoms with Crippen molar-refractivity contribution in [2.45, 2.75) is 26.3 Å². The maximum absolute atomic E-state index is 4.44. The molecule has 0 bridgehead atoms. The molecule has 0 aliphatic heterocycles. The second-order valence-corrected chi connectivity index (χ2v) is 5.35. The molecule has 19 heavy (non-hydrogen) atoms. The Hall–Kier alpha value is -2.02. The fourth-order valence-electron chi connectivity index (χ4n) is 1.83. The number of thiazole rings is 1. The normalized spacial score (nSPS) is 12.7. The lowest BCUT2D eigenvalue weighted by Gasteiger charge is -2.11. The Morgan fingerprint density at radius 2 is 2.21 bits per heavy atom. The third kappa shape index (κ3) is 2.28. The minimum atomic E-state index is 0.103. The van der Waals surface area contributed by atoms with Gasteiger partial charge in [-0.3, -0.25) is 0 Å². The molecular weight excluding hydrogens is 260 g/mol. The predicted molar refractivity (Wildman–Crippen MR) is 75.2 cm³/mol. The zero-order chi connectivity index (χ0) is 13.2. The molecule has 0 aromatic carbocycles. The molecule has 6 nitrogen and oxygen atoms in total. The summed E-state index contributed by atoms with van der Waals surface area (Å²) in [5.74, 6) is 0.753. The number of nitrogens with zero attached hydrogens (tertiary/aromatic N) is 4. The van der Waals surface area contributed by atoms with Crippen LogP contribution in [0, 0.1) is 0 Å². The van der Waals surface area contributed by atoms with Crippen LogP contribution in [0.15, 0.2) is 18.9 Å². The van der Waals surface area contributed by atoms with E-state index in [9.17, 15) is 0 Å². The van der Waals surface area contributed by atoms with E-state index in [-0.39, 0.29) is 6.04 Å². The topological polar surface area (TPSA) is 79.4 Å². The molecule has 0 radical (unpaired) electrons. The lowest BCUT2D eigenvalue weighted by molar-refractivity contribution is 0.861. The maximum atomic E-state index is 4.44. The van der Waals surface area contributed by atoms with E-state index in [0.717, 1.165) is 22.8 Å². The molecule has 3 rings (SSSR count). The van der Waals surface area contributed by atoms with Gasteiger partial charge in [0.05, 0.1) is 12.4 Å². The van der Waals surface area contributed by atoms with Crippen LogP contribution in [0.3, 0.4) is 0 Å². The average molecular weight is 274 g/mol. The molecule has 0 fully saturated rings. The summed E-state index contributed by atoms with van der Waals surface area (Å²) < 4.78 is 0. The average Bonchev–Trinajstić information content (AvgIpc) is 3.08. The Bertz CT molecular complexity index is 688. The number of anilines is 1. The molecule has 1 atom stereocenters. The van der Waals surface area contributed by atoms with Gasteiger partial charge in [0.2, 0.25) is 0 Å². The van der Waals surface area contributed by atoms with E-state index in [4.69, 9.17) is 0 Å². The van der Waals surface area contributed by atoms with Gasteiger partial charge in [0.25, 0.3) is 0 Å². The zero-order valence-electron chi connectivity index (χ0n) is 10.7. The van der Waals surface area contributed by atoms with Gasteiger partial charge in [0, 0.05) is 11.1 Å². The summed E-state index contributed by atoms with van der Waals surface area (Å²) in [5, 5.41) is 4.41. The molecule has 98 valence electrons. The van der Waals surface area contributed by atoms with Crippen molar-refractivity contribution < 1.29 is 0 Å². The van der Waals surface area contributed by atoms with Gasteiger partial charge < -0.3 is 10.3 Å². The number of aryl methyl sites for hydroxylation is 1. The first kappa shape index (κ1) is 12.0. The number of hydrogen-bond donors (Lipinski definition) is 2. The van der Waals surface area contributed by atoms with Crippen molar-refractivity contribution in [3.05, 3.63) is 28.7 Å². The molecule has 0 saturated heterocycles. The number of H-pyrrole nitrogens is 1. The van der Waals surface area contributed by atoms with Gasteiger partial charge in [-0.15, -0.1) is 11.3 Å². The molecule has 0 spiro atoms. The second-order valence-electron chi connectivity index (χ2n) is 4.21. The van der Waals surface area contributed by atoms with Gasteiger partial charge in [0.1, 0.15) is 16.9 Å². The SMILES string of the molecule is CCc1cnc([C@H](C)Nc2ncnc3nc[nH]c23)s1. The van der Waals surface area contributed by atoms with E-state index in [1.807, 2.05) is 6.20 Å². The van der Waals surface area contributed by atoms with E-state index in [1.54, 1.807) is 17.7 Å². The van der Waals surface area contributed by atoms with Gasteiger partial charge >= 0.3 is 0 Å². The first-order valence-electron chi connectivity index (χ1n) is 6.13. The second kappa shape index (κ2) is 4.93. The molecule has 3 aromatic heterocycles. The quantitative estimate of drug-likeness (QED) is 0.764. The van der Waals surface area contributed by atoms with Crippen molar-refractivity contribution in [2.75, 3.05) is 5.32 Å². The van der Waals surface area contributed by atoms with Gasteiger partial charge in [-0.05, 0) is 13.3 Å². The molecule has 7 heteroatoms. The highest BCUT2D eigenvalue weighted by molar-refractivity contribution is 7.11. The summed E-state index contributed by atoms with van der Waals surface area (Å²) in [6.07, 6.45) is 6.08. The third-order valence-electron chi connectivity index (χ3n) is 2.87. The molecule has 0 saturated carbocycles. The molecule has 0 amide bonds. The molecular formula is C12H14N6S. The van der Waals surface area contributed by atoms with Crippen molar-refractivity contribution in [2.24, 2.45) is 0 Å². The van der Waals surface area contributed by atoms with Crippen molar-refractivity contribution in [3.8, 4) is 0 Å². The predicted octanol–water partition coefficient (Wildman–Crippen LogP) is 2.54. The number of nitrogens with one attached hydrogen (secondary N) is 2. The molecule has 0 unspecified atom stereocenters. The summed E-state index contributed by atoms with van der Waals surface area (Å²) in [4.78, 5) is 21.2. The first-order valence-corrected chi connectivity index (χ1v) is 6.94. The number of aromatic nitrogens is 5. The van der Waals surface area contributed by atoms with Gasteiger partial charge in [-0.1, -0.05) is 6.92 Å². The van der Waals surface area contributed by atoms with E-state index in [1.165, 1.54) is 11.2 Å². The van der Waals surface area contributed by atoms with Crippen LogP contribution in [0.1, 0.15) is 29.8 Å². The van der Waals surface area contributed by atoms with Crippen LogP contribution < -0.4 is 5.32 Å². The minimum absolute atomic E-state index is 0.103. The lowest BCUT2D eigenvalue weighted by Crippen LogP contribution is -2.08. The van der Waals surface area contributed by atoms with Gasteiger partial charge in [-0.25, -0.2) is 19.9 Å². The molecule has 3 heterocycles. The van der Waals surface area contributed by atoms with E-state index < -0.39 is 0 Å². The van der Waals surface area contributed by atoms with E-state index >= 15 is 0 Å². The summed E-state index contributed by atoms with van der Waals surface area (Å²) in [7, 11) is 0. The Kier molecular flexibility index (Phi) is 3.12. The monoisotopic (exact) mass is 274 g/mol. The number of imidazole rings is 1. The summed E-state index contributed by atoms with van der Waals surface area (Å²) >= 11 is 1.72. The Morgan fingerprint density at radius 3 is 3.00 bits per heavy atom. The zero-order valence-corrected chi connectivity index (χ0v) is 11.5. The van der Waals surface area contributed by atoms with Crippen LogP contribution in [-0.2, 0) is 6.42 Å². The highest BCUT2D eigenvalue weighted by atomic mass is 32.1. The maximum Gasteiger partial charge on any atom is 0.182 e. The Morgan fingerprint density at radius 1 is 1.32 bits per heavy atom. The molecule has 3 aromatic rings. The van der Waals surface area contributed by atoms with Gasteiger partial charge in [0.15, 0.2) is 11.5 Å². The Balaban J connectivity index is 1.86. The smallest absolute Gasteiger partial charge is 0.182 e. The van der Waals surface area contributed by atoms with Gasteiger partial charge in [-0.2, -0.15) is 0 Å². The number of hydrogen-bond acceptors (Lipinski definition) is 6. The highest BCUT2D eigenvalue weighted by Crippen LogP contribution is 2.25.